The minimum atomic E-state index is -0.105. The predicted octanol–water partition coefficient (Wildman–Crippen LogP) is 3.38. The molecular weight excluding hydrogens is 276 g/mol. The summed E-state index contributed by atoms with van der Waals surface area (Å²) >= 11 is 0. The van der Waals surface area contributed by atoms with E-state index in [4.69, 9.17) is 5.11 Å². The number of aliphatic hydroxyl groups is 1. The van der Waals surface area contributed by atoms with Gasteiger partial charge in [0.1, 0.15) is 0 Å². The fourth-order valence-electron chi connectivity index (χ4n) is 3.30. The van der Waals surface area contributed by atoms with Crippen LogP contribution in [0, 0.1) is 5.92 Å². The van der Waals surface area contributed by atoms with Gasteiger partial charge in [-0.3, -0.25) is 0 Å². The summed E-state index contributed by atoms with van der Waals surface area (Å²) in [6.45, 7) is 2.14. The molecule has 1 aliphatic rings. The van der Waals surface area contributed by atoms with Crippen LogP contribution >= 0.6 is 0 Å². The smallest absolute Gasteiger partial charge is 0.315 e. The van der Waals surface area contributed by atoms with Crippen molar-refractivity contribution in [1.82, 2.24) is 10.6 Å². The van der Waals surface area contributed by atoms with E-state index in [0.717, 1.165) is 6.42 Å². The van der Waals surface area contributed by atoms with Crippen LogP contribution in [0.1, 0.15) is 57.1 Å². The lowest BCUT2D eigenvalue weighted by molar-refractivity contribution is 0.225. The Kier molecular flexibility index (Phi) is 6.72. The summed E-state index contributed by atoms with van der Waals surface area (Å²) in [5.41, 5.74) is 1.19. The van der Waals surface area contributed by atoms with Gasteiger partial charge in [-0.15, -0.1) is 0 Å². The molecule has 0 radical (unpaired) electrons. The zero-order valence-corrected chi connectivity index (χ0v) is 13.4. The molecule has 1 fully saturated rings. The third-order valence-electron chi connectivity index (χ3n) is 4.49. The number of rotatable bonds is 7. The fourth-order valence-corrected chi connectivity index (χ4v) is 3.30. The van der Waals surface area contributed by atoms with E-state index in [-0.39, 0.29) is 24.7 Å². The SMILES string of the molecule is CC(CCCO)NC(=O)NC(c1ccccc1)C1CCCC1. The van der Waals surface area contributed by atoms with E-state index >= 15 is 0 Å². The van der Waals surface area contributed by atoms with Crippen molar-refractivity contribution in [3.63, 3.8) is 0 Å². The van der Waals surface area contributed by atoms with E-state index in [1.54, 1.807) is 0 Å². The van der Waals surface area contributed by atoms with Crippen molar-refractivity contribution in [3.05, 3.63) is 35.9 Å². The van der Waals surface area contributed by atoms with E-state index in [0.29, 0.717) is 12.3 Å². The fraction of sp³-hybridized carbons (Fsp3) is 0.611. The van der Waals surface area contributed by atoms with Gasteiger partial charge in [-0.2, -0.15) is 0 Å². The normalized spacial score (nSPS) is 17.9. The molecule has 0 heterocycles. The number of amides is 2. The van der Waals surface area contributed by atoms with Crippen LogP contribution in [0.15, 0.2) is 30.3 Å². The largest absolute Gasteiger partial charge is 0.396 e. The quantitative estimate of drug-likeness (QED) is 0.723. The Balaban J connectivity index is 1.96. The lowest BCUT2D eigenvalue weighted by atomic mass is 9.92. The second-order valence-electron chi connectivity index (χ2n) is 6.32. The molecule has 2 atom stereocenters. The molecule has 1 aromatic carbocycles. The summed E-state index contributed by atoms with van der Waals surface area (Å²) in [7, 11) is 0. The molecule has 1 aliphatic carbocycles. The lowest BCUT2D eigenvalue weighted by Gasteiger charge is -2.26. The van der Waals surface area contributed by atoms with Crippen LogP contribution in [0.4, 0.5) is 4.79 Å². The highest BCUT2D eigenvalue weighted by Crippen LogP contribution is 2.35. The number of nitrogens with one attached hydrogen (secondary N) is 2. The summed E-state index contributed by atoms with van der Waals surface area (Å²) in [5, 5.41) is 15.0. The maximum Gasteiger partial charge on any atom is 0.315 e. The average molecular weight is 304 g/mol. The molecule has 22 heavy (non-hydrogen) atoms. The zero-order valence-electron chi connectivity index (χ0n) is 13.4. The third-order valence-corrected chi connectivity index (χ3v) is 4.49. The van der Waals surface area contributed by atoms with Crippen molar-refractivity contribution in [2.45, 2.75) is 57.5 Å². The highest BCUT2D eigenvalue weighted by molar-refractivity contribution is 5.74. The predicted molar refractivity (Wildman–Crippen MR) is 88.6 cm³/mol. The Hall–Kier alpha value is -1.55. The van der Waals surface area contributed by atoms with Crippen LogP contribution in [-0.2, 0) is 0 Å². The van der Waals surface area contributed by atoms with Gasteiger partial charge < -0.3 is 15.7 Å². The van der Waals surface area contributed by atoms with E-state index in [9.17, 15) is 4.79 Å². The number of aliphatic hydroxyl groups excluding tert-OH is 1. The lowest BCUT2D eigenvalue weighted by Crippen LogP contribution is -2.44. The zero-order chi connectivity index (χ0) is 15.8. The van der Waals surface area contributed by atoms with Crippen molar-refractivity contribution in [3.8, 4) is 0 Å². The van der Waals surface area contributed by atoms with Gasteiger partial charge in [0.25, 0.3) is 0 Å². The molecule has 1 aromatic rings. The van der Waals surface area contributed by atoms with Crippen LogP contribution < -0.4 is 10.6 Å². The molecule has 0 saturated heterocycles. The van der Waals surface area contributed by atoms with Gasteiger partial charge in [-0.25, -0.2) is 4.79 Å². The Labute approximate surface area is 133 Å². The molecule has 4 heteroatoms. The number of benzene rings is 1. The Morgan fingerprint density at radius 3 is 2.55 bits per heavy atom. The number of hydrogen-bond acceptors (Lipinski definition) is 2. The number of hydrogen-bond donors (Lipinski definition) is 3. The summed E-state index contributed by atoms with van der Waals surface area (Å²) in [5.74, 6) is 0.529. The molecule has 0 aromatic heterocycles. The molecule has 0 aliphatic heterocycles. The first-order valence-electron chi connectivity index (χ1n) is 8.43. The molecule has 3 N–H and O–H groups in total. The van der Waals surface area contributed by atoms with Gasteiger partial charge in [-0.05, 0) is 44.1 Å². The second kappa shape index (κ2) is 8.79. The number of carbonyl (C=O) groups excluding carboxylic acids is 1. The number of urea groups is 1. The third kappa shape index (κ3) is 5.02. The second-order valence-corrected chi connectivity index (χ2v) is 6.32. The van der Waals surface area contributed by atoms with Gasteiger partial charge in [0, 0.05) is 12.6 Å². The Morgan fingerprint density at radius 2 is 1.91 bits per heavy atom. The van der Waals surface area contributed by atoms with Crippen LogP contribution in [-0.4, -0.2) is 23.8 Å². The van der Waals surface area contributed by atoms with E-state index in [1.165, 1.54) is 31.2 Å². The van der Waals surface area contributed by atoms with Crippen molar-refractivity contribution in [2.75, 3.05) is 6.61 Å². The minimum absolute atomic E-state index is 0.0761. The van der Waals surface area contributed by atoms with E-state index < -0.39 is 0 Å². The van der Waals surface area contributed by atoms with Crippen molar-refractivity contribution in [2.24, 2.45) is 5.92 Å². The van der Waals surface area contributed by atoms with Crippen molar-refractivity contribution >= 4 is 6.03 Å². The standard InChI is InChI=1S/C18H28N2O2/c1-14(8-7-13-21)19-18(22)20-17(16-11-5-6-12-16)15-9-3-2-4-10-15/h2-4,9-10,14,16-17,21H,5-8,11-13H2,1H3,(H2,19,20,22). The van der Waals surface area contributed by atoms with Crippen molar-refractivity contribution in [1.29, 1.82) is 0 Å². The monoisotopic (exact) mass is 304 g/mol. The first-order chi connectivity index (χ1) is 10.7. The summed E-state index contributed by atoms with van der Waals surface area (Å²) in [6.07, 6.45) is 6.38. The first kappa shape index (κ1) is 16.8. The van der Waals surface area contributed by atoms with Gasteiger partial charge in [0.15, 0.2) is 0 Å². The molecule has 1 saturated carbocycles. The molecular formula is C18H28N2O2. The molecule has 0 bridgehead atoms. The first-order valence-corrected chi connectivity index (χ1v) is 8.43. The molecule has 2 unspecified atom stereocenters. The topological polar surface area (TPSA) is 61.4 Å². The number of carbonyl (C=O) groups is 1. The molecule has 2 rings (SSSR count). The maximum atomic E-state index is 12.3. The van der Waals surface area contributed by atoms with Gasteiger partial charge >= 0.3 is 6.03 Å². The maximum absolute atomic E-state index is 12.3. The van der Waals surface area contributed by atoms with Crippen molar-refractivity contribution < 1.29 is 9.90 Å². The highest BCUT2D eigenvalue weighted by atomic mass is 16.3. The Morgan fingerprint density at radius 1 is 1.23 bits per heavy atom. The van der Waals surface area contributed by atoms with Crippen LogP contribution in [0.25, 0.3) is 0 Å². The van der Waals surface area contributed by atoms with Gasteiger partial charge in [0.05, 0.1) is 6.04 Å². The minimum Gasteiger partial charge on any atom is -0.396 e. The molecule has 122 valence electrons. The Bertz CT molecular complexity index is 444. The van der Waals surface area contributed by atoms with Gasteiger partial charge in [-0.1, -0.05) is 43.2 Å². The van der Waals surface area contributed by atoms with Crippen LogP contribution in [0.5, 0.6) is 0 Å². The van der Waals surface area contributed by atoms with E-state index in [1.807, 2.05) is 25.1 Å². The summed E-state index contributed by atoms with van der Waals surface area (Å²) < 4.78 is 0. The molecule has 4 nitrogen and oxygen atoms in total. The molecule has 0 spiro atoms. The van der Waals surface area contributed by atoms with Crippen LogP contribution in [0.3, 0.4) is 0 Å². The highest BCUT2D eigenvalue weighted by Gasteiger charge is 2.27. The average Bonchev–Trinajstić information content (AvgIpc) is 3.05. The summed E-state index contributed by atoms with van der Waals surface area (Å²) in [4.78, 5) is 12.3. The summed E-state index contributed by atoms with van der Waals surface area (Å²) in [6, 6.07) is 10.3. The van der Waals surface area contributed by atoms with Crippen LogP contribution in [0.2, 0.25) is 0 Å². The van der Waals surface area contributed by atoms with E-state index in [2.05, 4.69) is 22.8 Å². The van der Waals surface area contributed by atoms with Gasteiger partial charge in [0.2, 0.25) is 0 Å². The molecule has 2 amide bonds.